The Labute approximate surface area is 101 Å². The van der Waals surface area contributed by atoms with Gasteiger partial charge in [-0.05, 0) is 43.5 Å². The maximum atomic E-state index is 13.0. The van der Waals surface area contributed by atoms with Crippen LogP contribution in [-0.4, -0.2) is 7.05 Å². The van der Waals surface area contributed by atoms with Gasteiger partial charge in [-0.3, -0.25) is 0 Å². The Morgan fingerprint density at radius 2 is 2.25 bits per heavy atom. The minimum Gasteiger partial charge on any atom is -0.313 e. The van der Waals surface area contributed by atoms with Crippen LogP contribution in [0.15, 0.2) is 18.2 Å². The first-order chi connectivity index (χ1) is 7.70. The lowest BCUT2D eigenvalue weighted by molar-refractivity contribution is 0.505. The van der Waals surface area contributed by atoms with Gasteiger partial charge in [-0.2, -0.15) is 0 Å². The normalized spacial score (nSPS) is 17.4. The van der Waals surface area contributed by atoms with E-state index >= 15 is 0 Å². The van der Waals surface area contributed by atoms with Crippen molar-refractivity contribution in [3.05, 3.63) is 34.6 Å². The molecule has 0 aromatic heterocycles. The van der Waals surface area contributed by atoms with Crippen LogP contribution in [0, 0.1) is 11.7 Å². The molecule has 1 fully saturated rings. The predicted octanol–water partition coefficient (Wildman–Crippen LogP) is 3.93. The maximum Gasteiger partial charge on any atom is 0.141 e. The number of benzene rings is 1. The highest BCUT2D eigenvalue weighted by Gasteiger charge is 2.22. The highest BCUT2D eigenvalue weighted by atomic mass is 35.5. The van der Waals surface area contributed by atoms with Crippen molar-refractivity contribution in [2.45, 2.75) is 31.7 Å². The van der Waals surface area contributed by atoms with Gasteiger partial charge in [-0.1, -0.05) is 30.5 Å². The van der Waals surface area contributed by atoms with Crippen LogP contribution in [0.25, 0.3) is 0 Å². The van der Waals surface area contributed by atoms with Gasteiger partial charge >= 0.3 is 0 Å². The Hall–Kier alpha value is -0.600. The Balaban J connectivity index is 2.02. The van der Waals surface area contributed by atoms with E-state index in [1.807, 2.05) is 13.1 Å². The molecule has 1 aromatic carbocycles. The summed E-state index contributed by atoms with van der Waals surface area (Å²) in [6, 6.07) is 5.28. The van der Waals surface area contributed by atoms with Crippen LogP contribution in [0.5, 0.6) is 0 Å². The van der Waals surface area contributed by atoms with E-state index in [0.29, 0.717) is 6.04 Å². The van der Waals surface area contributed by atoms with Crippen LogP contribution < -0.4 is 5.32 Å². The summed E-state index contributed by atoms with van der Waals surface area (Å²) in [6.45, 7) is 0. The van der Waals surface area contributed by atoms with Gasteiger partial charge in [0.1, 0.15) is 5.82 Å². The zero-order chi connectivity index (χ0) is 11.5. The Morgan fingerprint density at radius 1 is 1.50 bits per heavy atom. The molecule has 0 bridgehead atoms. The van der Waals surface area contributed by atoms with Crippen molar-refractivity contribution in [3.63, 3.8) is 0 Å². The van der Waals surface area contributed by atoms with Crippen LogP contribution in [0.4, 0.5) is 4.39 Å². The van der Waals surface area contributed by atoms with Crippen LogP contribution in [0.3, 0.4) is 0 Å². The Bertz CT molecular complexity index is 363. The molecule has 1 atom stereocenters. The Kier molecular flexibility index (Phi) is 3.82. The van der Waals surface area contributed by atoms with Gasteiger partial charge in [-0.15, -0.1) is 0 Å². The van der Waals surface area contributed by atoms with Crippen molar-refractivity contribution < 1.29 is 4.39 Å². The maximum absolute atomic E-state index is 13.0. The van der Waals surface area contributed by atoms with Crippen LogP contribution in [0.1, 0.15) is 37.3 Å². The minimum atomic E-state index is -0.345. The first-order valence-electron chi connectivity index (χ1n) is 5.83. The van der Waals surface area contributed by atoms with Crippen LogP contribution in [-0.2, 0) is 0 Å². The van der Waals surface area contributed by atoms with Gasteiger partial charge in [0.05, 0.1) is 5.02 Å². The van der Waals surface area contributed by atoms with Gasteiger partial charge in [0.2, 0.25) is 0 Å². The molecule has 16 heavy (non-hydrogen) atoms. The van der Waals surface area contributed by atoms with E-state index in [1.54, 1.807) is 6.07 Å². The zero-order valence-electron chi connectivity index (χ0n) is 9.47. The van der Waals surface area contributed by atoms with Crippen LogP contribution >= 0.6 is 11.6 Å². The molecule has 0 amide bonds. The molecule has 3 heteroatoms. The molecule has 88 valence electrons. The molecule has 0 saturated heterocycles. The summed E-state index contributed by atoms with van der Waals surface area (Å²) in [6.07, 6.45) is 5.10. The van der Waals surface area contributed by atoms with Gasteiger partial charge in [-0.25, -0.2) is 4.39 Å². The second-order valence-corrected chi connectivity index (χ2v) is 4.94. The van der Waals surface area contributed by atoms with Crippen molar-refractivity contribution in [3.8, 4) is 0 Å². The number of rotatable bonds is 5. The fraction of sp³-hybridized carbons (Fsp3) is 0.538. The summed E-state index contributed by atoms with van der Waals surface area (Å²) in [5.41, 5.74) is 1.08. The molecule has 1 nitrogen and oxygen atoms in total. The van der Waals surface area contributed by atoms with Crippen molar-refractivity contribution in [1.29, 1.82) is 0 Å². The summed E-state index contributed by atoms with van der Waals surface area (Å²) in [4.78, 5) is 0. The van der Waals surface area contributed by atoms with Gasteiger partial charge in [0, 0.05) is 6.04 Å². The molecule has 1 aromatic rings. The fourth-order valence-corrected chi connectivity index (χ4v) is 2.20. The Morgan fingerprint density at radius 3 is 2.81 bits per heavy atom. The zero-order valence-corrected chi connectivity index (χ0v) is 10.2. The van der Waals surface area contributed by atoms with Gasteiger partial charge in [0.15, 0.2) is 0 Å². The number of halogens is 2. The lowest BCUT2D eigenvalue weighted by atomic mass is 10.0. The first kappa shape index (κ1) is 11.9. The van der Waals surface area contributed by atoms with E-state index in [4.69, 9.17) is 11.6 Å². The SMILES string of the molecule is CNC(CCC1CC1)c1ccc(F)c(Cl)c1. The van der Waals surface area contributed by atoms with Crippen molar-refractivity contribution in [2.75, 3.05) is 7.05 Å². The molecule has 2 rings (SSSR count). The van der Waals surface area contributed by atoms with E-state index in [-0.39, 0.29) is 10.8 Å². The smallest absolute Gasteiger partial charge is 0.141 e. The monoisotopic (exact) mass is 241 g/mol. The van der Waals surface area contributed by atoms with E-state index < -0.39 is 0 Å². The molecule has 0 heterocycles. The molecule has 1 unspecified atom stereocenters. The number of hydrogen-bond donors (Lipinski definition) is 1. The second-order valence-electron chi connectivity index (χ2n) is 4.54. The molecule has 1 aliphatic carbocycles. The third kappa shape index (κ3) is 2.96. The molecular weight excluding hydrogens is 225 g/mol. The summed E-state index contributed by atoms with van der Waals surface area (Å²) in [5.74, 6) is 0.578. The average Bonchev–Trinajstić information content (AvgIpc) is 3.08. The van der Waals surface area contributed by atoms with Crippen LogP contribution in [0.2, 0.25) is 5.02 Å². The van der Waals surface area contributed by atoms with E-state index in [2.05, 4.69) is 5.32 Å². The van der Waals surface area contributed by atoms with E-state index in [1.165, 1.54) is 25.3 Å². The third-order valence-electron chi connectivity index (χ3n) is 3.26. The number of nitrogens with one attached hydrogen (secondary N) is 1. The molecule has 0 radical (unpaired) electrons. The standard InChI is InChI=1S/C13H17ClFN/c1-16-13(7-4-9-2-3-9)10-5-6-12(15)11(14)8-10/h5-6,8-9,13,16H,2-4,7H2,1H3. The summed E-state index contributed by atoms with van der Waals surface area (Å²) in [5, 5.41) is 3.48. The van der Waals surface area contributed by atoms with Crippen molar-refractivity contribution in [2.24, 2.45) is 5.92 Å². The number of hydrogen-bond acceptors (Lipinski definition) is 1. The molecule has 1 saturated carbocycles. The summed E-state index contributed by atoms with van der Waals surface area (Å²) >= 11 is 5.79. The molecule has 1 N–H and O–H groups in total. The molecule has 0 aliphatic heterocycles. The summed E-state index contributed by atoms with van der Waals surface area (Å²) in [7, 11) is 1.94. The summed E-state index contributed by atoms with van der Waals surface area (Å²) < 4.78 is 13.0. The second kappa shape index (κ2) is 5.15. The first-order valence-corrected chi connectivity index (χ1v) is 6.20. The minimum absolute atomic E-state index is 0.212. The van der Waals surface area contributed by atoms with Gasteiger partial charge < -0.3 is 5.32 Å². The van der Waals surface area contributed by atoms with Gasteiger partial charge in [0.25, 0.3) is 0 Å². The highest BCUT2D eigenvalue weighted by Crippen LogP contribution is 2.36. The van der Waals surface area contributed by atoms with E-state index in [9.17, 15) is 4.39 Å². The topological polar surface area (TPSA) is 12.0 Å². The fourth-order valence-electron chi connectivity index (χ4n) is 2.02. The van der Waals surface area contributed by atoms with E-state index in [0.717, 1.165) is 17.9 Å². The van der Waals surface area contributed by atoms with Crippen molar-refractivity contribution >= 4 is 11.6 Å². The van der Waals surface area contributed by atoms with Crippen molar-refractivity contribution in [1.82, 2.24) is 5.32 Å². The lowest BCUT2D eigenvalue weighted by Gasteiger charge is -2.16. The third-order valence-corrected chi connectivity index (χ3v) is 3.54. The largest absolute Gasteiger partial charge is 0.313 e. The average molecular weight is 242 g/mol. The molecular formula is C13H17ClFN. The lowest BCUT2D eigenvalue weighted by Crippen LogP contribution is -2.16. The highest BCUT2D eigenvalue weighted by molar-refractivity contribution is 6.30. The molecule has 1 aliphatic rings. The predicted molar refractivity (Wildman–Crippen MR) is 65.2 cm³/mol. The molecule has 0 spiro atoms. The quantitative estimate of drug-likeness (QED) is 0.824.